The van der Waals surface area contributed by atoms with E-state index >= 15 is 0 Å². The standard InChI is InChI=1S/C60H94N8O16/c1-40(2)50(52(72)64-45(26-24-38-62-55(61)75)51(71)63-42-30-28-41(29-31-42)39-80-57(77)81-44-34-32-43(33-35-44)68(78)79)67-48(69)27-23-21-19-17-15-13-12-14-16-18-20-22-25-46(53(73)83-59(6,7)8)65-56(76)66-47(54(74)84-60(9,10)11)36-37-49(70)82-58(3,4)5/h28-35,40,45-47,50H,12-27,36-39H2,1-11H3,(H,63,71)(H,64,72)(H,67,69)(H3,61,62,75)(H2,65,66,76)/t45-,46-,47-,50-/m0/s1. The molecule has 0 unspecified atom stereocenters. The monoisotopic (exact) mass is 1180 g/mol. The Morgan fingerprint density at radius 3 is 1.54 bits per heavy atom. The molecule has 2 aromatic carbocycles. The number of nitro groups is 1. The van der Waals surface area contributed by atoms with E-state index in [0.717, 1.165) is 64.2 Å². The lowest BCUT2D eigenvalue weighted by Crippen LogP contribution is -2.54. The van der Waals surface area contributed by atoms with E-state index in [0.29, 0.717) is 36.9 Å². The van der Waals surface area contributed by atoms with Gasteiger partial charge in [-0.15, -0.1) is 0 Å². The second-order valence-electron chi connectivity index (χ2n) is 24.1. The average Bonchev–Trinajstić information content (AvgIpc) is 3.38. The molecule has 84 heavy (non-hydrogen) atoms. The van der Waals surface area contributed by atoms with Gasteiger partial charge in [0.05, 0.1) is 4.92 Å². The zero-order chi connectivity index (χ0) is 63.0. The van der Waals surface area contributed by atoms with Crippen LogP contribution in [0.2, 0.25) is 0 Å². The second kappa shape index (κ2) is 36.9. The largest absolute Gasteiger partial charge is 0.514 e. The molecule has 0 saturated heterocycles. The average molecular weight is 1180 g/mol. The van der Waals surface area contributed by atoms with Crippen LogP contribution in [0.4, 0.5) is 25.8 Å². The highest BCUT2D eigenvalue weighted by molar-refractivity contribution is 5.98. The summed E-state index contributed by atoms with van der Waals surface area (Å²) in [5.74, 6) is -3.46. The third-order valence-corrected chi connectivity index (χ3v) is 12.4. The Hall–Kier alpha value is -7.53. The summed E-state index contributed by atoms with van der Waals surface area (Å²) in [5.41, 5.74) is 3.60. The van der Waals surface area contributed by atoms with Crippen LogP contribution in [0.25, 0.3) is 0 Å². The van der Waals surface area contributed by atoms with Crippen LogP contribution in [0.3, 0.4) is 0 Å². The van der Waals surface area contributed by atoms with E-state index in [1.807, 2.05) is 0 Å². The number of carbonyl (C=O) groups excluding carboxylic acids is 9. The first-order valence-corrected chi connectivity index (χ1v) is 29.2. The van der Waals surface area contributed by atoms with E-state index in [9.17, 15) is 53.3 Å². The first kappa shape index (κ1) is 72.6. The van der Waals surface area contributed by atoms with Crippen molar-refractivity contribution >= 4 is 65.2 Å². The van der Waals surface area contributed by atoms with E-state index in [4.69, 9.17) is 29.4 Å². The van der Waals surface area contributed by atoms with E-state index in [1.54, 1.807) is 100 Å². The van der Waals surface area contributed by atoms with E-state index in [2.05, 4.69) is 31.9 Å². The van der Waals surface area contributed by atoms with Crippen molar-refractivity contribution in [3.05, 3.63) is 64.2 Å². The highest BCUT2D eigenvalue weighted by Gasteiger charge is 2.32. The van der Waals surface area contributed by atoms with Gasteiger partial charge in [-0.2, -0.15) is 0 Å². The molecule has 0 radical (unpaired) electrons. The number of unbranched alkanes of at least 4 members (excludes halogenated alkanes) is 11. The molecule has 470 valence electrons. The first-order chi connectivity index (χ1) is 39.3. The second-order valence-corrected chi connectivity index (χ2v) is 24.1. The molecule has 24 heteroatoms. The number of hydrogen-bond donors (Lipinski definition) is 7. The molecule has 0 aliphatic carbocycles. The molecule has 2 aromatic rings. The van der Waals surface area contributed by atoms with Gasteiger partial charge in [-0.1, -0.05) is 96.6 Å². The highest BCUT2D eigenvalue weighted by Crippen LogP contribution is 2.21. The quantitative estimate of drug-likeness (QED) is 0.00833. The number of anilines is 1. The molecule has 24 nitrogen and oxygen atoms in total. The molecule has 0 fully saturated rings. The van der Waals surface area contributed by atoms with Crippen LogP contribution in [0.5, 0.6) is 5.75 Å². The van der Waals surface area contributed by atoms with Crippen molar-refractivity contribution in [2.75, 3.05) is 11.9 Å². The van der Waals surface area contributed by atoms with Crippen LogP contribution < -0.4 is 42.4 Å². The predicted octanol–water partition coefficient (Wildman–Crippen LogP) is 9.63. The van der Waals surface area contributed by atoms with Gasteiger partial charge in [0.2, 0.25) is 17.7 Å². The summed E-state index contributed by atoms with van der Waals surface area (Å²) in [6, 6.07) is 5.65. The number of nitro benzene ring substituents is 1. The number of ether oxygens (including phenoxy) is 5. The predicted molar refractivity (Wildman–Crippen MR) is 315 cm³/mol. The van der Waals surface area contributed by atoms with E-state index < -0.39 is 93.8 Å². The normalized spacial score (nSPS) is 13.0. The molecule has 0 heterocycles. The van der Waals surface area contributed by atoms with Gasteiger partial charge in [0, 0.05) is 37.2 Å². The molecule has 8 N–H and O–H groups in total. The molecule has 7 amide bonds. The Bertz CT molecular complexity index is 2430. The summed E-state index contributed by atoms with van der Waals surface area (Å²) in [4.78, 5) is 126. The van der Waals surface area contributed by atoms with Gasteiger partial charge >= 0.3 is 36.1 Å². The van der Waals surface area contributed by atoms with Crippen LogP contribution in [0, 0.1) is 16.0 Å². The number of carbonyl (C=O) groups is 9. The fraction of sp³-hybridized carbons (Fsp3) is 0.650. The molecule has 0 bridgehead atoms. The van der Waals surface area contributed by atoms with Gasteiger partial charge < -0.3 is 61.3 Å². The molecule has 4 atom stereocenters. The first-order valence-electron chi connectivity index (χ1n) is 29.2. The Morgan fingerprint density at radius 2 is 1.05 bits per heavy atom. The fourth-order valence-electron chi connectivity index (χ4n) is 8.30. The topological polar surface area (TPSA) is 341 Å². The van der Waals surface area contributed by atoms with Gasteiger partial charge in [0.1, 0.15) is 53.3 Å². The number of nitrogens with two attached hydrogens (primary N) is 1. The maximum absolute atomic E-state index is 13.7. The molecule has 0 aliphatic rings. The van der Waals surface area contributed by atoms with E-state index in [1.165, 1.54) is 24.3 Å². The lowest BCUT2D eigenvalue weighted by molar-refractivity contribution is -0.384. The van der Waals surface area contributed by atoms with Gasteiger partial charge in [-0.05, 0) is 130 Å². The lowest BCUT2D eigenvalue weighted by atomic mass is 10.0. The van der Waals surface area contributed by atoms with Crippen molar-refractivity contribution in [2.45, 2.75) is 239 Å². The number of nitrogens with one attached hydrogen (secondary N) is 6. The maximum atomic E-state index is 13.7. The summed E-state index contributed by atoms with van der Waals surface area (Å²) >= 11 is 0. The Morgan fingerprint density at radius 1 is 0.560 bits per heavy atom. The molecule has 0 aromatic heterocycles. The summed E-state index contributed by atoms with van der Waals surface area (Å²) in [7, 11) is 0. The van der Waals surface area contributed by atoms with Crippen molar-refractivity contribution in [3.8, 4) is 5.75 Å². The number of esters is 3. The summed E-state index contributed by atoms with van der Waals surface area (Å²) < 4.78 is 26.7. The number of benzene rings is 2. The Kier molecular flexibility index (Phi) is 31.9. The number of nitrogens with zero attached hydrogens (tertiary/aromatic N) is 1. The number of primary amides is 1. The minimum absolute atomic E-state index is 0.0599. The number of amides is 7. The SMILES string of the molecule is CC(C)[C@H](NC(=O)CCCCCCCCCCCCCC[C@H](NC(=O)N[C@@H](CCC(=O)OC(C)(C)C)C(=O)OC(C)(C)C)C(=O)OC(C)(C)C)C(=O)N[C@@H](CCCNC(N)=O)C(=O)Nc1ccc(COC(=O)Oc2ccc([N+](=O)[O-])cc2)cc1. The van der Waals surface area contributed by atoms with Crippen molar-refractivity contribution in [1.29, 1.82) is 0 Å². The van der Waals surface area contributed by atoms with Gasteiger partial charge in [-0.25, -0.2) is 24.0 Å². The molecular weight excluding hydrogens is 1090 g/mol. The van der Waals surface area contributed by atoms with Gasteiger partial charge in [0.15, 0.2) is 0 Å². The molecule has 0 aliphatic heterocycles. The van der Waals surface area contributed by atoms with Crippen molar-refractivity contribution in [2.24, 2.45) is 11.7 Å². The van der Waals surface area contributed by atoms with Crippen molar-refractivity contribution in [3.63, 3.8) is 0 Å². The molecular formula is C60H94N8O16. The van der Waals surface area contributed by atoms with Crippen LogP contribution in [0.15, 0.2) is 48.5 Å². The Balaban J connectivity index is 1.77. The Labute approximate surface area is 494 Å². The molecule has 0 saturated carbocycles. The van der Waals surface area contributed by atoms with Crippen LogP contribution in [0.1, 0.15) is 197 Å². The van der Waals surface area contributed by atoms with Crippen LogP contribution in [-0.2, 0) is 54.3 Å². The summed E-state index contributed by atoms with van der Waals surface area (Å²) in [6.45, 7) is 19.1. The minimum atomic E-state index is -1.17. The zero-order valence-electron chi connectivity index (χ0n) is 51.2. The van der Waals surface area contributed by atoms with Gasteiger partial charge in [0.25, 0.3) is 5.69 Å². The molecule has 2 rings (SSSR count). The van der Waals surface area contributed by atoms with Crippen LogP contribution in [-0.4, -0.2) is 106 Å². The lowest BCUT2D eigenvalue weighted by Gasteiger charge is -2.27. The maximum Gasteiger partial charge on any atom is 0.514 e. The fourth-order valence-corrected chi connectivity index (χ4v) is 8.30. The zero-order valence-corrected chi connectivity index (χ0v) is 51.2. The summed E-state index contributed by atoms with van der Waals surface area (Å²) in [6.07, 6.45) is 10.9. The number of non-ortho nitro benzene ring substituents is 1. The third kappa shape index (κ3) is 33.5. The summed E-state index contributed by atoms with van der Waals surface area (Å²) in [5, 5.41) is 27.0. The molecule has 0 spiro atoms. The number of urea groups is 2. The number of hydrogen-bond acceptors (Lipinski definition) is 16. The smallest absolute Gasteiger partial charge is 0.460 e. The third-order valence-electron chi connectivity index (χ3n) is 12.4. The number of rotatable bonds is 36. The van der Waals surface area contributed by atoms with Crippen molar-refractivity contribution in [1.82, 2.24) is 26.6 Å². The van der Waals surface area contributed by atoms with Crippen LogP contribution >= 0.6 is 0 Å². The van der Waals surface area contributed by atoms with Gasteiger partial charge in [-0.3, -0.25) is 29.3 Å². The minimum Gasteiger partial charge on any atom is -0.460 e. The highest BCUT2D eigenvalue weighted by atomic mass is 16.7. The van der Waals surface area contributed by atoms with E-state index in [-0.39, 0.29) is 62.1 Å². The van der Waals surface area contributed by atoms with Crippen molar-refractivity contribution < 1.29 is 71.8 Å².